The molecule has 9 rings (SSSR count). The molecule has 3 heterocycles. The van der Waals surface area contributed by atoms with Gasteiger partial charge in [-0.1, -0.05) is 109 Å². The SMILES string of the molecule is [Pt+2].[c-]1c(Oc2cc(-c3ccccc3)ccn2)cccc1-c1[c-]c2c(cc1)c1cc(-c3ccccc3)ccc1n2-c1cc(-c2ccccc2)ccn1. The predicted molar refractivity (Wildman–Crippen MR) is 202 cm³/mol. The Morgan fingerprint density at radius 2 is 1.06 bits per heavy atom. The fraction of sp³-hybridized carbons (Fsp3) is 0. The molecule has 4 nitrogen and oxygen atoms in total. The van der Waals surface area contributed by atoms with E-state index in [2.05, 4.69) is 125 Å². The third-order valence-electron chi connectivity index (χ3n) is 8.98. The van der Waals surface area contributed by atoms with Crippen LogP contribution in [0.4, 0.5) is 0 Å². The van der Waals surface area contributed by atoms with E-state index in [0.717, 1.165) is 66.6 Å². The predicted octanol–water partition coefficient (Wildman–Crippen LogP) is 11.6. The van der Waals surface area contributed by atoms with E-state index in [1.807, 2.05) is 66.9 Å². The largest absolute Gasteiger partial charge is 2.00 e. The average Bonchev–Trinajstić information content (AvgIpc) is 3.52. The smallest absolute Gasteiger partial charge is 0.460 e. The summed E-state index contributed by atoms with van der Waals surface area (Å²) in [7, 11) is 0. The molecule has 0 saturated carbocycles. The first kappa shape index (κ1) is 32.1. The molecule has 6 aromatic carbocycles. The van der Waals surface area contributed by atoms with E-state index in [-0.39, 0.29) is 21.1 Å². The van der Waals surface area contributed by atoms with Gasteiger partial charge in [0.05, 0.1) is 0 Å². The molecule has 0 bridgehead atoms. The van der Waals surface area contributed by atoms with Gasteiger partial charge in [0.2, 0.25) is 5.88 Å². The van der Waals surface area contributed by atoms with Crippen LogP contribution in [0.3, 0.4) is 0 Å². The van der Waals surface area contributed by atoms with Gasteiger partial charge in [0.25, 0.3) is 0 Å². The van der Waals surface area contributed by atoms with Crippen LogP contribution in [-0.2, 0) is 21.1 Å². The van der Waals surface area contributed by atoms with Crippen LogP contribution < -0.4 is 4.74 Å². The van der Waals surface area contributed by atoms with E-state index >= 15 is 0 Å². The number of hydrogen-bond donors (Lipinski definition) is 0. The first-order valence-electron chi connectivity index (χ1n) is 16.6. The fourth-order valence-electron chi connectivity index (χ4n) is 6.55. The van der Waals surface area contributed by atoms with Crippen LogP contribution in [0.5, 0.6) is 11.6 Å². The maximum atomic E-state index is 6.25. The van der Waals surface area contributed by atoms with Gasteiger partial charge in [0.1, 0.15) is 5.82 Å². The van der Waals surface area contributed by atoms with E-state index in [1.165, 1.54) is 5.56 Å². The number of ether oxygens (including phenoxy) is 1. The molecule has 0 aliphatic rings. The molecular formula is C46H29N3OPt. The van der Waals surface area contributed by atoms with Crippen LogP contribution in [0.1, 0.15) is 0 Å². The first-order chi connectivity index (χ1) is 24.8. The summed E-state index contributed by atoms with van der Waals surface area (Å²) in [4.78, 5) is 9.36. The molecule has 0 N–H and O–H groups in total. The topological polar surface area (TPSA) is 39.9 Å². The number of fused-ring (bicyclic) bond motifs is 3. The molecule has 0 saturated heterocycles. The Balaban J connectivity index is 0.00000374. The van der Waals surface area contributed by atoms with Gasteiger partial charge in [-0.05, 0) is 68.5 Å². The summed E-state index contributed by atoms with van der Waals surface area (Å²) in [6.07, 6.45) is 3.65. The Morgan fingerprint density at radius 1 is 0.451 bits per heavy atom. The molecule has 0 aliphatic carbocycles. The number of nitrogens with zero attached hydrogens (tertiary/aromatic N) is 3. The normalized spacial score (nSPS) is 11.0. The van der Waals surface area contributed by atoms with Crippen LogP contribution in [0.25, 0.3) is 72.1 Å². The summed E-state index contributed by atoms with van der Waals surface area (Å²) in [6.45, 7) is 0. The van der Waals surface area contributed by atoms with Crippen molar-refractivity contribution in [2.24, 2.45) is 0 Å². The minimum absolute atomic E-state index is 0. The van der Waals surface area contributed by atoms with Crippen LogP contribution >= 0.6 is 0 Å². The molecule has 0 fully saturated rings. The van der Waals surface area contributed by atoms with Crippen molar-refractivity contribution in [1.29, 1.82) is 0 Å². The summed E-state index contributed by atoms with van der Waals surface area (Å²) in [5.41, 5.74) is 10.5. The molecular weight excluding hydrogens is 806 g/mol. The molecule has 3 aromatic heterocycles. The van der Waals surface area contributed by atoms with Gasteiger partial charge in [-0.3, -0.25) is 0 Å². The minimum Gasteiger partial charge on any atom is -0.460 e. The van der Waals surface area contributed by atoms with Crippen molar-refractivity contribution in [3.05, 3.63) is 188 Å². The quantitative estimate of drug-likeness (QED) is 0.150. The van der Waals surface area contributed by atoms with E-state index in [1.54, 1.807) is 6.20 Å². The Labute approximate surface area is 310 Å². The van der Waals surface area contributed by atoms with Gasteiger partial charge in [-0.25, -0.2) is 21.1 Å². The zero-order chi connectivity index (χ0) is 33.3. The average molecular weight is 835 g/mol. The number of pyridine rings is 2. The Bertz CT molecular complexity index is 2620. The second-order valence-electron chi connectivity index (χ2n) is 12.1. The minimum atomic E-state index is 0. The monoisotopic (exact) mass is 834 g/mol. The van der Waals surface area contributed by atoms with Crippen LogP contribution in [-0.4, -0.2) is 14.5 Å². The van der Waals surface area contributed by atoms with Crippen LogP contribution in [0, 0.1) is 12.1 Å². The van der Waals surface area contributed by atoms with Gasteiger partial charge in [0, 0.05) is 29.7 Å². The molecule has 51 heavy (non-hydrogen) atoms. The van der Waals surface area contributed by atoms with Gasteiger partial charge in [-0.15, -0.1) is 18.2 Å². The van der Waals surface area contributed by atoms with Crippen molar-refractivity contribution < 1.29 is 25.8 Å². The number of rotatable bonds is 7. The molecule has 0 radical (unpaired) electrons. The number of benzene rings is 6. The second-order valence-corrected chi connectivity index (χ2v) is 12.1. The van der Waals surface area contributed by atoms with Gasteiger partial charge in [0.15, 0.2) is 0 Å². The maximum Gasteiger partial charge on any atom is 2.00 e. The summed E-state index contributed by atoms with van der Waals surface area (Å²) in [6, 6.07) is 63.3. The standard InChI is InChI=1S/C46H29N3O.Pt/c1-4-11-32(12-5-1)36-20-22-43-42(28-36)41-21-19-37(29-44(41)49(43)45-30-38(23-25-47-45)33-13-6-2-7-14-33)35-17-10-18-40(27-35)50-46-31-39(24-26-48-46)34-15-8-3-9-16-34;/h1-26,28,30-31H;/q-2;+2. The fourth-order valence-corrected chi connectivity index (χ4v) is 6.55. The van der Waals surface area contributed by atoms with Gasteiger partial charge in [-0.2, -0.15) is 24.3 Å². The third kappa shape index (κ3) is 6.38. The summed E-state index contributed by atoms with van der Waals surface area (Å²) in [5, 5.41) is 2.24. The van der Waals surface area contributed by atoms with E-state index in [4.69, 9.17) is 9.72 Å². The first-order valence-corrected chi connectivity index (χ1v) is 16.6. The molecule has 5 heteroatoms. The summed E-state index contributed by atoms with van der Waals surface area (Å²) >= 11 is 0. The summed E-state index contributed by atoms with van der Waals surface area (Å²) < 4.78 is 8.46. The van der Waals surface area contributed by atoms with Crippen LogP contribution in [0.15, 0.2) is 176 Å². The van der Waals surface area contributed by atoms with Crippen molar-refractivity contribution in [2.75, 3.05) is 0 Å². The molecule has 0 aliphatic heterocycles. The van der Waals surface area contributed by atoms with Crippen molar-refractivity contribution in [3.8, 4) is 62.0 Å². The maximum absolute atomic E-state index is 6.25. The zero-order valence-electron chi connectivity index (χ0n) is 27.3. The van der Waals surface area contributed by atoms with E-state index < -0.39 is 0 Å². The zero-order valence-corrected chi connectivity index (χ0v) is 29.6. The van der Waals surface area contributed by atoms with Crippen molar-refractivity contribution in [2.45, 2.75) is 0 Å². The Hall–Kier alpha value is -6.09. The van der Waals surface area contributed by atoms with E-state index in [9.17, 15) is 0 Å². The summed E-state index contributed by atoms with van der Waals surface area (Å²) in [5.74, 6) is 1.93. The van der Waals surface area contributed by atoms with Gasteiger partial charge >= 0.3 is 21.1 Å². The van der Waals surface area contributed by atoms with E-state index in [0.29, 0.717) is 11.6 Å². The van der Waals surface area contributed by atoms with Crippen LogP contribution in [0.2, 0.25) is 0 Å². The second kappa shape index (κ2) is 14.0. The molecule has 0 atom stereocenters. The van der Waals surface area contributed by atoms with Crippen molar-refractivity contribution in [3.63, 3.8) is 0 Å². The molecule has 0 unspecified atom stereocenters. The Morgan fingerprint density at radius 3 is 1.75 bits per heavy atom. The molecule has 9 aromatic rings. The molecule has 244 valence electrons. The van der Waals surface area contributed by atoms with Crippen molar-refractivity contribution >= 4 is 21.8 Å². The molecule has 0 amide bonds. The third-order valence-corrected chi connectivity index (χ3v) is 8.98. The Kier molecular flexibility index (Phi) is 8.84. The number of hydrogen-bond acceptors (Lipinski definition) is 3. The van der Waals surface area contributed by atoms with Crippen molar-refractivity contribution in [1.82, 2.24) is 14.5 Å². The van der Waals surface area contributed by atoms with Gasteiger partial charge < -0.3 is 9.30 Å². The number of aromatic nitrogens is 3. The molecule has 0 spiro atoms.